The first kappa shape index (κ1) is 22.5. The molecule has 0 spiro atoms. The zero-order chi connectivity index (χ0) is 23.5. The number of piperidine rings is 1. The van der Waals surface area contributed by atoms with Gasteiger partial charge in [-0.3, -0.25) is 14.0 Å². The van der Waals surface area contributed by atoms with Crippen molar-refractivity contribution in [3.05, 3.63) is 64.8 Å². The summed E-state index contributed by atoms with van der Waals surface area (Å²) < 4.78 is 7.40. The minimum Gasteiger partial charge on any atom is -0.496 e. The predicted octanol–water partition coefficient (Wildman–Crippen LogP) is 4.24. The number of carbonyl (C=O) groups is 2. The highest BCUT2D eigenvalue weighted by atomic mass is 32.2. The maximum atomic E-state index is 12.9. The molecule has 34 heavy (non-hydrogen) atoms. The molecule has 1 N–H and O–H groups in total. The Morgan fingerprint density at radius 2 is 1.97 bits per heavy atom. The van der Waals surface area contributed by atoms with Crippen molar-refractivity contribution in [3.63, 3.8) is 0 Å². The maximum absolute atomic E-state index is 12.9. The first-order chi connectivity index (χ1) is 16.6. The zero-order valence-corrected chi connectivity index (χ0v) is 20.0. The first-order valence-corrected chi connectivity index (χ1v) is 12.5. The molecule has 2 aliphatic rings. The second kappa shape index (κ2) is 9.93. The highest BCUT2D eigenvalue weighted by Crippen LogP contribution is 2.34. The molecule has 0 radical (unpaired) electrons. The van der Waals surface area contributed by atoms with Crippen LogP contribution in [0.25, 0.3) is 11.7 Å². The highest BCUT2D eigenvalue weighted by molar-refractivity contribution is 8.04. The minimum atomic E-state index is -0.0355. The Morgan fingerprint density at radius 1 is 1.15 bits per heavy atom. The maximum Gasteiger partial charge on any atom is 0.258 e. The molecular weight excluding hydrogens is 448 g/mol. The van der Waals surface area contributed by atoms with E-state index in [9.17, 15) is 9.59 Å². The van der Waals surface area contributed by atoms with Crippen LogP contribution in [0.3, 0.4) is 0 Å². The lowest BCUT2D eigenvalue weighted by molar-refractivity contribution is -0.116. The summed E-state index contributed by atoms with van der Waals surface area (Å²) in [6, 6.07) is 13.3. The molecule has 2 aromatic heterocycles. The molecule has 8 heteroatoms. The molecule has 0 saturated carbocycles. The highest BCUT2D eigenvalue weighted by Gasteiger charge is 2.25. The average molecular weight is 477 g/mol. The van der Waals surface area contributed by atoms with Crippen LogP contribution < -0.4 is 10.1 Å². The average Bonchev–Trinajstić information content (AvgIpc) is 3.31. The Hall–Kier alpha value is -3.26. The Labute approximate surface area is 203 Å². The van der Waals surface area contributed by atoms with Crippen LogP contribution in [0.5, 0.6) is 5.75 Å². The number of imidazole rings is 1. The third-order valence-corrected chi connectivity index (χ3v) is 7.60. The van der Waals surface area contributed by atoms with Gasteiger partial charge in [-0.05, 0) is 61.9 Å². The smallest absolute Gasteiger partial charge is 0.258 e. The second-order valence-electron chi connectivity index (χ2n) is 8.69. The fourth-order valence-electron chi connectivity index (χ4n) is 4.69. The normalized spacial score (nSPS) is 15.8. The fraction of sp³-hybridized carbons (Fsp3) is 0.346. The van der Waals surface area contributed by atoms with E-state index < -0.39 is 0 Å². The predicted molar refractivity (Wildman–Crippen MR) is 133 cm³/mol. The number of rotatable bonds is 7. The quantitative estimate of drug-likeness (QED) is 0.517. The number of methoxy groups -OCH3 is 1. The summed E-state index contributed by atoms with van der Waals surface area (Å²) in [6.07, 6.45) is 7.67. The number of benzene rings is 1. The van der Waals surface area contributed by atoms with E-state index in [1.54, 1.807) is 13.3 Å². The molecule has 1 aromatic carbocycles. The molecule has 1 saturated heterocycles. The van der Waals surface area contributed by atoms with Crippen molar-refractivity contribution in [2.45, 2.75) is 30.7 Å². The Balaban J connectivity index is 1.06. The van der Waals surface area contributed by atoms with Crippen LogP contribution in [0.1, 0.15) is 41.7 Å². The Kier molecular flexibility index (Phi) is 6.58. The number of hydrogen-bond donors (Lipinski definition) is 1. The van der Waals surface area contributed by atoms with Gasteiger partial charge in [0.05, 0.1) is 34.5 Å². The van der Waals surface area contributed by atoms with E-state index in [4.69, 9.17) is 4.74 Å². The van der Waals surface area contributed by atoms with Crippen LogP contribution in [0.4, 0.5) is 0 Å². The number of thioether (sulfide) groups is 1. The molecule has 2 aliphatic heterocycles. The summed E-state index contributed by atoms with van der Waals surface area (Å²) >= 11 is 1.48. The lowest BCUT2D eigenvalue weighted by atomic mass is 9.92. The summed E-state index contributed by atoms with van der Waals surface area (Å²) in [7, 11) is 1.59. The van der Waals surface area contributed by atoms with Gasteiger partial charge in [-0.2, -0.15) is 0 Å². The van der Waals surface area contributed by atoms with Gasteiger partial charge >= 0.3 is 0 Å². The van der Waals surface area contributed by atoms with E-state index in [-0.39, 0.29) is 11.8 Å². The Morgan fingerprint density at radius 3 is 2.79 bits per heavy atom. The van der Waals surface area contributed by atoms with Crippen molar-refractivity contribution in [2.75, 3.05) is 26.7 Å². The third kappa shape index (κ3) is 4.55. The number of para-hydroxylation sites is 1. The van der Waals surface area contributed by atoms with Crippen molar-refractivity contribution < 1.29 is 14.3 Å². The third-order valence-electron chi connectivity index (χ3n) is 6.55. The van der Waals surface area contributed by atoms with E-state index >= 15 is 0 Å². The number of nitrogens with zero attached hydrogens (tertiary/aromatic N) is 3. The van der Waals surface area contributed by atoms with Crippen LogP contribution in [-0.2, 0) is 4.79 Å². The number of nitrogens with one attached hydrogen (secondary N) is 1. The minimum absolute atomic E-state index is 0.0355. The van der Waals surface area contributed by atoms with Crippen molar-refractivity contribution in [1.29, 1.82) is 0 Å². The number of ether oxygens (including phenoxy) is 1. The van der Waals surface area contributed by atoms with Gasteiger partial charge in [0.15, 0.2) is 0 Å². The molecule has 2 amide bonds. The zero-order valence-electron chi connectivity index (χ0n) is 19.2. The number of likely N-dealkylation sites (tertiary alicyclic amines) is 1. The van der Waals surface area contributed by atoms with Gasteiger partial charge in [-0.25, -0.2) is 4.98 Å². The van der Waals surface area contributed by atoms with Gasteiger partial charge in [0.1, 0.15) is 11.4 Å². The van der Waals surface area contributed by atoms with Crippen molar-refractivity contribution >= 4 is 35.3 Å². The van der Waals surface area contributed by atoms with E-state index in [1.807, 2.05) is 53.4 Å². The molecule has 0 aliphatic carbocycles. The van der Waals surface area contributed by atoms with Gasteiger partial charge in [0.25, 0.3) is 11.8 Å². The number of amides is 2. The van der Waals surface area contributed by atoms with E-state index in [1.165, 1.54) is 11.8 Å². The molecule has 0 unspecified atom stereocenters. The molecule has 3 aromatic rings. The van der Waals surface area contributed by atoms with Crippen molar-refractivity contribution in [2.24, 2.45) is 5.92 Å². The van der Waals surface area contributed by atoms with Crippen LogP contribution >= 0.6 is 11.8 Å². The van der Waals surface area contributed by atoms with E-state index in [0.717, 1.165) is 55.1 Å². The molecule has 4 heterocycles. The lowest BCUT2D eigenvalue weighted by Crippen LogP contribution is -2.38. The fourth-order valence-corrected chi connectivity index (χ4v) is 5.70. The van der Waals surface area contributed by atoms with Crippen LogP contribution in [-0.4, -0.2) is 52.8 Å². The van der Waals surface area contributed by atoms with E-state index in [0.29, 0.717) is 28.7 Å². The Bertz CT molecular complexity index is 1240. The second-order valence-corrected chi connectivity index (χ2v) is 9.75. The molecule has 7 nitrogen and oxygen atoms in total. The summed E-state index contributed by atoms with van der Waals surface area (Å²) in [6.45, 7) is 2.17. The molecule has 1 fully saturated rings. The largest absolute Gasteiger partial charge is 0.496 e. The van der Waals surface area contributed by atoms with Gasteiger partial charge in [-0.1, -0.05) is 30.0 Å². The van der Waals surface area contributed by atoms with Crippen LogP contribution in [0.2, 0.25) is 0 Å². The lowest BCUT2D eigenvalue weighted by Gasteiger charge is -2.32. The monoisotopic (exact) mass is 476 g/mol. The van der Waals surface area contributed by atoms with Gasteiger partial charge in [0, 0.05) is 19.6 Å². The number of aromatic nitrogens is 2. The van der Waals surface area contributed by atoms with Crippen LogP contribution in [0, 0.1) is 5.92 Å². The van der Waals surface area contributed by atoms with Crippen LogP contribution in [0.15, 0.2) is 58.6 Å². The van der Waals surface area contributed by atoms with Gasteiger partial charge in [-0.15, -0.1) is 0 Å². The summed E-state index contributed by atoms with van der Waals surface area (Å²) in [5, 5.41) is 4.08. The molecule has 0 bridgehead atoms. The molecular formula is C26H28N4O3S. The number of carbonyl (C=O) groups excluding carboxylic acids is 2. The summed E-state index contributed by atoms with van der Waals surface area (Å²) in [5.74, 6) is 1.21. The topological polar surface area (TPSA) is 75.9 Å². The first-order valence-electron chi connectivity index (χ1n) is 11.7. The van der Waals surface area contributed by atoms with Crippen molar-refractivity contribution in [1.82, 2.24) is 19.6 Å². The van der Waals surface area contributed by atoms with Gasteiger partial charge in [0.2, 0.25) is 0 Å². The standard InChI is InChI=1S/C26H28N4O3S/c1-33-21-8-3-2-7-20(21)26(32)29-14-11-18(12-15-29)6-5-13-27-25(31)22-16-19-17-28-23-9-4-10-24(34-22)30(19)23/h2-4,7-10,16-18H,5-6,11-15H2,1H3,(H,27,31). The van der Waals surface area contributed by atoms with E-state index in [2.05, 4.69) is 14.7 Å². The number of pyridine rings is 1. The summed E-state index contributed by atoms with van der Waals surface area (Å²) in [5.41, 5.74) is 2.45. The number of hydrogen-bond acceptors (Lipinski definition) is 5. The molecule has 176 valence electrons. The molecule has 5 rings (SSSR count). The summed E-state index contributed by atoms with van der Waals surface area (Å²) in [4.78, 5) is 32.6. The van der Waals surface area contributed by atoms with Crippen molar-refractivity contribution in [3.8, 4) is 5.75 Å². The van der Waals surface area contributed by atoms with Gasteiger partial charge < -0.3 is 15.0 Å². The molecule has 0 atom stereocenters. The SMILES string of the molecule is COc1ccccc1C(=O)N1CCC(CCCNC(=O)C2=Cc3cnc4cccc(n34)S2)CC1.